The van der Waals surface area contributed by atoms with Crippen molar-refractivity contribution in [2.24, 2.45) is 11.8 Å². The molecule has 1 saturated carbocycles. The minimum atomic E-state index is -1.07. The monoisotopic (exact) mass is 410 g/mol. The summed E-state index contributed by atoms with van der Waals surface area (Å²) < 4.78 is 1.70. The van der Waals surface area contributed by atoms with Crippen LogP contribution in [0.25, 0.3) is 11.8 Å². The lowest BCUT2D eigenvalue weighted by Crippen LogP contribution is -2.29. The van der Waals surface area contributed by atoms with E-state index in [2.05, 4.69) is 20.4 Å². The molecule has 1 N–H and O–H groups in total. The number of aromatic nitrogens is 1. The fourth-order valence-electron chi connectivity index (χ4n) is 3.63. The third-order valence-electron chi connectivity index (χ3n) is 5.72. The van der Waals surface area contributed by atoms with Crippen LogP contribution < -0.4 is 4.90 Å². The summed E-state index contributed by atoms with van der Waals surface area (Å²) in [6.45, 7) is 12.1. The predicted molar refractivity (Wildman–Crippen MR) is 123 cm³/mol. The van der Waals surface area contributed by atoms with Gasteiger partial charge in [0.25, 0.3) is 0 Å². The molecule has 0 radical (unpaired) electrons. The second-order valence-electron chi connectivity index (χ2n) is 8.54. The third-order valence-corrected chi connectivity index (χ3v) is 5.72. The van der Waals surface area contributed by atoms with Crippen molar-refractivity contribution < 1.29 is 14.7 Å². The number of hydrogen-bond acceptors (Lipinski definition) is 2. The molecule has 0 bridgehead atoms. The van der Waals surface area contributed by atoms with Crippen LogP contribution in [0.4, 0.5) is 5.69 Å². The molecule has 0 saturated heterocycles. The summed E-state index contributed by atoms with van der Waals surface area (Å²) in [5.74, 6) is 0.973. The normalized spacial score (nSPS) is 18.3. The SMILES string of the molecule is C=Cc1ccc(-n2cc(C(=O)O)c(N(C=O)C(C)C)c2)cc1.CC1CCC(C)CC1. The summed E-state index contributed by atoms with van der Waals surface area (Å²) in [6.07, 6.45) is 11.4. The highest BCUT2D eigenvalue weighted by molar-refractivity contribution is 5.97. The fraction of sp³-hybridized carbons (Fsp3) is 0.440. The molecule has 0 spiro atoms. The molecule has 3 rings (SSSR count). The van der Waals surface area contributed by atoms with Gasteiger partial charge in [-0.25, -0.2) is 4.79 Å². The molecule has 5 heteroatoms. The first kappa shape index (κ1) is 23.5. The zero-order valence-corrected chi connectivity index (χ0v) is 18.5. The van der Waals surface area contributed by atoms with E-state index in [1.165, 1.54) is 36.8 Å². The van der Waals surface area contributed by atoms with E-state index in [4.69, 9.17) is 0 Å². The molecule has 0 atom stereocenters. The van der Waals surface area contributed by atoms with Gasteiger partial charge in [0.2, 0.25) is 6.41 Å². The zero-order chi connectivity index (χ0) is 22.3. The average molecular weight is 411 g/mol. The van der Waals surface area contributed by atoms with Gasteiger partial charge >= 0.3 is 5.97 Å². The molecule has 1 aromatic heterocycles. The Labute approximate surface area is 180 Å². The van der Waals surface area contributed by atoms with Crippen LogP contribution in [-0.2, 0) is 4.79 Å². The van der Waals surface area contributed by atoms with Crippen molar-refractivity contribution in [2.75, 3.05) is 4.90 Å². The van der Waals surface area contributed by atoms with Crippen LogP contribution in [-0.4, -0.2) is 28.1 Å². The first-order chi connectivity index (χ1) is 14.3. The second kappa shape index (κ2) is 10.8. The number of carboxylic acids is 1. The first-order valence-corrected chi connectivity index (χ1v) is 10.7. The Morgan fingerprint density at radius 3 is 2.03 bits per heavy atom. The molecular formula is C25H34N2O3. The summed E-state index contributed by atoms with van der Waals surface area (Å²) in [6, 6.07) is 7.39. The maximum atomic E-state index is 11.4. The van der Waals surface area contributed by atoms with Gasteiger partial charge in [0.05, 0.1) is 5.69 Å². The molecule has 1 aromatic carbocycles. The van der Waals surface area contributed by atoms with Crippen molar-refractivity contribution >= 4 is 24.1 Å². The highest BCUT2D eigenvalue weighted by Crippen LogP contribution is 2.27. The zero-order valence-electron chi connectivity index (χ0n) is 18.5. The van der Waals surface area contributed by atoms with Gasteiger partial charge in [-0.1, -0.05) is 64.3 Å². The van der Waals surface area contributed by atoms with Crippen LogP contribution in [0.5, 0.6) is 0 Å². The van der Waals surface area contributed by atoms with Crippen LogP contribution in [0, 0.1) is 11.8 Å². The molecule has 1 fully saturated rings. The number of hydrogen-bond donors (Lipinski definition) is 1. The van der Waals surface area contributed by atoms with Gasteiger partial charge in [0, 0.05) is 24.1 Å². The molecule has 0 aliphatic heterocycles. The summed E-state index contributed by atoms with van der Waals surface area (Å²) in [5.41, 5.74) is 2.26. The minimum Gasteiger partial charge on any atom is -0.478 e. The predicted octanol–water partition coefficient (Wildman–Crippen LogP) is 6.02. The van der Waals surface area contributed by atoms with Crippen molar-refractivity contribution in [2.45, 2.75) is 59.4 Å². The number of carbonyl (C=O) groups excluding carboxylic acids is 1. The molecule has 0 unspecified atom stereocenters. The molecule has 2 aromatic rings. The Kier molecular flexibility index (Phi) is 8.46. The highest BCUT2D eigenvalue weighted by atomic mass is 16.4. The number of benzene rings is 1. The van der Waals surface area contributed by atoms with E-state index < -0.39 is 5.97 Å². The summed E-state index contributed by atoms with van der Waals surface area (Å²) in [5, 5.41) is 9.37. The van der Waals surface area contributed by atoms with E-state index in [9.17, 15) is 14.7 Å². The molecule has 1 aliphatic carbocycles. The Bertz CT molecular complexity index is 834. The largest absolute Gasteiger partial charge is 0.478 e. The van der Waals surface area contributed by atoms with Crippen molar-refractivity contribution in [1.29, 1.82) is 0 Å². The number of amides is 1. The lowest BCUT2D eigenvalue weighted by Gasteiger charge is -2.22. The molecule has 1 aliphatic rings. The van der Waals surface area contributed by atoms with E-state index in [-0.39, 0.29) is 11.6 Å². The lowest BCUT2D eigenvalue weighted by atomic mass is 9.84. The maximum absolute atomic E-state index is 11.4. The van der Waals surface area contributed by atoms with Gasteiger partial charge in [-0.05, 0) is 43.4 Å². The molecule has 5 nitrogen and oxygen atoms in total. The Hall–Kier alpha value is -2.82. The summed E-state index contributed by atoms with van der Waals surface area (Å²) in [4.78, 5) is 24.1. The van der Waals surface area contributed by atoms with E-state index in [1.807, 2.05) is 38.1 Å². The summed E-state index contributed by atoms with van der Waals surface area (Å²) >= 11 is 0. The van der Waals surface area contributed by atoms with Crippen molar-refractivity contribution in [1.82, 2.24) is 4.57 Å². The standard InChI is InChI=1S/C17H18N2O3.C8H16/c1-4-13-5-7-14(8-6-13)18-9-15(17(21)22)16(10-18)19(11-20)12(2)3;1-7-3-5-8(2)6-4-7/h4-12H,1H2,2-3H3,(H,21,22);7-8H,3-6H2,1-2H3. The van der Waals surface area contributed by atoms with Gasteiger partial charge in [0.15, 0.2) is 0 Å². The number of carbonyl (C=O) groups is 2. The van der Waals surface area contributed by atoms with Crippen LogP contribution in [0.2, 0.25) is 0 Å². The van der Waals surface area contributed by atoms with Gasteiger partial charge < -0.3 is 14.6 Å². The third kappa shape index (κ3) is 6.09. The quantitative estimate of drug-likeness (QED) is 0.592. The first-order valence-electron chi connectivity index (χ1n) is 10.7. The van der Waals surface area contributed by atoms with E-state index in [0.29, 0.717) is 12.1 Å². The molecule has 30 heavy (non-hydrogen) atoms. The van der Waals surface area contributed by atoms with Crippen molar-refractivity contribution in [3.05, 3.63) is 54.4 Å². The van der Waals surface area contributed by atoms with Gasteiger partial charge in [-0.3, -0.25) is 4.79 Å². The number of nitrogens with zero attached hydrogens (tertiary/aromatic N) is 2. The fourth-order valence-corrected chi connectivity index (χ4v) is 3.63. The van der Waals surface area contributed by atoms with Gasteiger partial charge in [0.1, 0.15) is 5.56 Å². The maximum Gasteiger partial charge on any atom is 0.339 e. The number of carboxylic acid groups (broad SMARTS) is 1. The Balaban J connectivity index is 0.000000335. The van der Waals surface area contributed by atoms with Crippen molar-refractivity contribution in [3.63, 3.8) is 0 Å². The second-order valence-corrected chi connectivity index (χ2v) is 8.54. The summed E-state index contributed by atoms with van der Waals surface area (Å²) in [7, 11) is 0. The average Bonchev–Trinajstić information content (AvgIpc) is 3.16. The smallest absolute Gasteiger partial charge is 0.339 e. The van der Waals surface area contributed by atoms with Crippen molar-refractivity contribution in [3.8, 4) is 5.69 Å². The molecule has 1 heterocycles. The van der Waals surface area contributed by atoms with Gasteiger partial charge in [-0.15, -0.1) is 0 Å². The lowest BCUT2D eigenvalue weighted by molar-refractivity contribution is -0.107. The van der Waals surface area contributed by atoms with Crippen LogP contribution in [0.3, 0.4) is 0 Å². The topological polar surface area (TPSA) is 62.5 Å². The molecule has 1 amide bonds. The number of aromatic carboxylic acids is 1. The van der Waals surface area contributed by atoms with Gasteiger partial charge in [-0.2, -0.15) is 0 Å². The highest BCUT2D eigenvalue weighted by Gasteiger charge is 2.21. The Morgan fingerprint density at radius 1 is 1.10 bits per heavy atom. The number of rotatable bonds is 6. The number of anilines is 1. The van der Waals surface area contributed by atoms with E-state index in [0.717, 1.165) is 23.1 Å². The Morgan fingerprint density at radius 2 is 1.63 bits per heavy atom. The van der Waals surface area contributed by atoms with Crippen LogP contribution in [0.1, 0.15) is 69.3 Å². The van der Waals surface area contributed by atoms with E-state index >= 15 is 0 Å². The van der Waals surface area contributed by atoms with E-state index in [1.54, 1.807) is 16.8 Å². The van der Waals surface area contributed by atoms with Crippen LogP contribution in [0.15, 0.2) is 43.2 Å². The minimum absolute atomic E-state index is 0.0913. The molecule has 162 valence electrons. The molecular weight excluding hydrogens is 376 g/mol. The van der Waals surface area contributed by atoms with Crippen LogP contribution >= 0.6 is 0 Å².